The van der Waals surface area contributed by atoms with E-state index in [9.17, 15) is 24.1 Å². The summed E-state index contributed by atoms with van der Waals surface area (Å²) >= 11 is 0. The topological polar surface area (TPSA) is 92.6 Å². The second kappa shape index (κ2) is 8.22. The molecule has 2 aliphatic rings. The summed E-state index contributed by atoms with van der Waals surface area (Å²) in [5.74, 6) is -1.47. The Kier molecular flexibility index (Phi) is 5.48. The van der Waals surface area contributed by atoms with Gasteiger partial charge in [-0.3, -0.25) is 19.7 Å². The summed E-state index contributed by atoms with van der Waals surface area (Å²) in [5.41, 5.74) is 1.10. The van der Waals surface area contributed by atoms with Crippen LogP contribution in [0, 0.1) is 27.8 Å². The van der Waals surface area contributed by atoms with Crippen molar-refractivity contribution in [2.24, 2.45) is 11.8 Å². The molecule has 2 amide bonds. The zero-order valence-corrected chi connectivity index (χ0v) is 16.3. The summed E-state index contributed by atoms with van der Waals surface area (Å²) in [5, 5.41) is 14.6. The van der Waals surface area contributed by atoms with Gasteiger partial charge in [0.25, 0.3) is 5.69 Å². The average Bonchev–Trinajstić information content (AvgIpc) is 2.99. The molecule has 1 aliphatic heterocycles. The molecule has 0 bridgehead atoms. The predicted molar refractivity (Wildman–Crippen MR) is 110 cm³/mol. The molecule has 2 fully saturated rings. The summed E-state index contributed by atoms with van der Waals surface area (Å²) in [6, 6.07) is 10.5. The van der Waals surface area contributed by atoms with Crippen LogP contribution >= 0.6 is 0 Å². The van der Waals surface area contributed by atoms with E-state index in [2.05, 4.69) is 5.32 Å². The molecule has 1 N–H and O–H groups in total. The number of carbonyl (C=O) groups is 2. The Morgan fingerprint density at radius 3 is 2.40 bits per heavy atom. The molecule has 0 radical (unpaired) electrons. The molecule has 8 heteroatoms. The number of benzene rings is 2. The Labute approximate surface area is 173 Å². The number of nitrogens with one attached hydrogen (secondary N) is 1. The Balaban J connectivity index is 1.52. The first-order valence-corrected chi connectivity index (χ1v) is 10.1. The highest BCUT2D eigenvalue weighted by molar-refractivity contribution is 6.22. The number of carbonyl (C=O) groups excluding carboxylic acids is 2. The molecule has 30 heavy (non-hydrogen) atoms. The van der Waals surface area contributed by atoms with Crippen LogP contribution in [0.25, 0.3) is 0 Å². The number of nitrogens with zero attached hydrogens (tertiary/aromatic N) is 2. The monoisotopic (exact) mass is 411 g/mol. The summed E-state index contributed by atoms with van der Waals surface area (Å²) < 4.78 is 13.3. The van der Waals surface area contributed by atoms with Crippen LogP contribution in [0.5, 0.6) is 0 Å². The van der Waals surface area contributed by atoms with E-state index in [-0.39, 0.29) is 46.5 Å². The third kappa shape index (κ3) is 3.77. The molecule has 1 aliphatic carbocycles. The fourth-order valence-corrected chi connectivity index (χ4v) is 4.41. The van der Waals surface area contributed by atoms with Crippen molar-refractivity contribution in [3.8, 4) is 0 Å². The number of hydrogen-bond donors (Lipinski definition) is 1. The summed E-state index contributed by atoms with van der Waals surface area (Å²) in [7, 11) is 0. The van der Waals surface area contributed by atoms with Crippen LogP contribution in [-0.2, 0) is 16.0 Å². The molecule has 1 heterocycles. The van der Waals surface area contributed by atoms with E-state index in [4.69, 9.17) is 0 Å². The maximum atomic E-state index is 13.3. The van der Waals surface area contributed by atoms with Crippen molar-refractivity contribution in [2.75, 3.05) is 16.8 Å². The quantitative estimate of drug-likeness (QED) is 0.439. The summed E-state index contributed by atoms with van der Waals surface area (Å²) in [6.45, 7) is 0.370. The first kappa shape index (κ1) is 20.0. The number of imide groups is 1. The molecule has 1 saturated heterocycles. The lowest BCUT2D eigenvalue weighted by atomic mass is 9.81. The minimum absolute atomic E-state index is 0.206. The van der Waals surface area contributed by atoms with E-state index >= 15 is 0 Å². The minimum Gasteiger partial charge on any atom is -0.379 e. The Hall–Kier alpha value is -3.29. The normalized spacial score (nSPS) is 20.9. The Bertz CT molecular complexity index is 986. The zero-order chi connectivity index (χ0) is 21.3. The number of amides is 2. The lowest BCUT2D eigenvalue weighted by Crippen LogP contribution is -2.30. The smallest absolute Gasteiger partial charge is 0.294 e. The van der Waals surface area contributed by atoms with Gasteiger partial charge in [0.2, 0.25) is 11.8 Å². The second-order valence-corrected chi connectivity index (χ2v) is 7.77. The first-order valence-electron chi connectivity index (χ1n) is 10.1. The Morgan fingerprint density at radius 1 is 1.07 bits per heavy atom. The lowest BCUT2D eigenvalue weighted by Gasteiger charge is -2.19. The van der Waals surface area contributed by atoms with E-state index in [0.29, 0.717) is 25.8 Å². The van der Waals surface area contributed by atoms with Crippen LogP contribution in [0.4, 0.5) is 21.5 Å². The van der Waals surface area contributed by atoms with Gasteiger partial charge in [-0.15, -0.1) is 0 Å². The van der Waals surface area contributed by atoms with Gasteiger partial charge in [0.05, 0.1) is 22.4 Å². The summed E-state index contributed by atoms with van der Waals surface area (Å²) in [4.78, 5) is 37.7. The third-order valence-corrected chi connectivity index (χ3v) is 5.90. The molecule has 156 valence electrons. The van der Waals surface area contributed by atoms with E-state index in [1.165, 1.54) is 24.3 Å². The maximum absolute atomic E-state index is 13.3. The van der Waals surface area contributed by atoms with Crippen molar-refractivity contribution in [3.05, 3.63) is 64.0 Å². The van der Waals surface area contributed by atoms with Gasteiger partial charge in [-0.1, -0.05) is 25.0 Å². The van der Waals surface area contributed by atoms with Crippen molar-refractivity contribution in [1.82, 2.24) is 0 Å². The third-order valence-electron chi connectivity index (χ3n) is 5.90. The molecule has 7 nitrogen and oxygen atoms in total. The number of fused-ring (bicyclic) bond motifs is 1. The number of nitro groups is 1. The SMILES string of the molecule is O=C1[C@@H]2CCCC[C@H]2C(=O)N1c1ccc(NCCc2cccc(F)c2)c([N+](=O)[O-])c1. The van der Waals surface area contributed by atoms with Gasteiger partial charge >= 0.3 is 0 Å². The van der Waals surface area contributed by atoms with Crippen LogP contribution < -0.4 is 10.2 Å². The zero-order valence-electron chi connectivity index (χ0n) is 16.3. The van der Waals surface area contributed by atoms with Crippen molar-refractivity contribution in [1.29, 1.82) is 0 Å². The molecule has 2 atom stereocenters. The van der Waals surface area contributed by atoms with Crippen molar-refractivity contribution in [3.63, 3.8) is 0 Å². The number of rotatable bonds is 6. The molecule has 2 aromatic rings. The number of anilines is 2. The number of hydrogen-bond acceptors (Lipinski definition) is 5. The van der Waals surface area contributed by atoms with Crippen molar-refractivity contribution >= 4 is 28.9 Å². The molecule has 2 aromatic carbocycles. The fraction of sp³-hybridized carbons (Fsp3) is 0.364. The minimum atomic E-state index is -0.536. The fourth-order valence-electron chi connectivity index (χ4n) is 4.41. The van der Waals surface area contributed by atoms with Gasteiger partial charge in [0.1, 0.15) is 11.5 Å². The molecule has 4 rings (SSSR count). The van der Waals surface area contributed by atoms with Gasteiger partial charge in [-0.25, -0.2) is 9.29 Å². The first-order chi connectivity index (χ1) is 14.5. The number of halogens is 1. The average molecular weight is 411 g/mol. The Morgan fingerprint density at radius 2 is 1.77 bits per heavy atom. The van der Waals surface area contributed by atoms with Gasteiger partial charge in [0.15, 0.2) is 0 Å². The van der Waals surface area contributed by atoms with E-state index in [0.717, 1.165) is 23.3 Å². The highest BCUT2D eigenvalue weighted by Gasteiger charge is 2.49. The van der Waals surface area contributed by atoms with Crippen molar-refractivity contribution in [2.45, 2.75) is 32.1 Å². The molecular weight excluding hydrogens is 389 g/mol. The number of nitro benzene ring substituents is 1. The summed E-state index contributed by atoms with van der Waals surface area (Å²) in [6.07, 6.45) is 3.70. The molecule has 0 aromatic heterocycles. The largest absolute Gasteiger partial charge is 0.379 e. The van der Waals surface area contributed by atoms with E-state index in [1.807, 2.05) is 0 Å². The molecule has 0 unspecified atom stereocenters. The van der Waals surface area contributed by atoms with Crippen LogP contribution in [0.3, 0.4) is 0 Å². The van der Waals surface area contributed by atoms with Gasteiger partial charge in [0, 0.05) is 12.6 Å². The molecule has 0 spiro atoms. The van der Waals surface area contributed by atoms with Crippen LogP contribution in [-0.4, -0.2) is 23.3 Å². The van der Waals surface area contributed by atoms with Crippen LogP contribution in [0.15, 0.2) is 42.5 Å². The highest BCUT2D eigenvalue weighted by atomic mass is 19.1. The lowest BCUT2D eigenvalue weighted by molar-refractivity contribution is -0.383. The predicted octanol–water partition coefficient (Wildman–Crippen LogP) is 4.07. The van der Waals surface area contributed by atoms with E-state index < -0.39 is 4.92 Å². The van der Waals surface area contributed by atoms with Gasteiger partial charge < -0.3 is 5.32 Å². The van der Waals surface area contributed by atoms with Crippen molar-refractivity contribution < 1.29 is 18.9 Å². The van der Waals surface area contributed by atoms with Crippen LogP contribution in [0.1, 0.15) is 31.2 Å². The van der Waals surface area contributed by atoms with E-state index in [1.54, 1.807) is 18.2 Å². The second-order valence-electron chi connectivity index (χ2n) is 7.77. The van der Waals surface area contributed by atoms with Gasteiger partial charge in [-0.2, -0.15) is 0 Å². The van der Waals surface area contributed by atoms with Crippen LogP contribution in [0.2, 0.25) is 0 Å². The maximum Gasteiger partial charge on any atom is 0.294 e. The standard InChI is InChI=1S/C22H22FN3O4/c23-15-5-3-4-14(12-15)10-11-24-19-9-8-16(13-20(19)26(29)30)25-21(27)17-6-1-2-7-18(17)22(25)28/h3-5,8-9,12-13,17-18,24H,1-2,6-7,10-11H2/t17-,18-/m1/s1. The van der Waals surface area contributed by atoms with Gasteiger partial charge in [-0.05, 0) is 49.1 Å². The molecule has 1 saturated carbocycles. The molecular formula is C22H22FN3O4. The highest BCUT2D eigenvalue weighted by Crippen LogP contribution is 2.41.